The van der Waals surface area contributed by atoms with Crippen LogP contribution in [0.1, 0.15) is 53.9 Å². The summed E-state index contributed by atoms with van der Waals surface area (Å²) in [7, 11) is -2.30. The van der Waals surface area contributed by atoms with Crippen molar-refractivity contribution in [1.29, 1.82) is 0 Å². The average Bonchev–Trinajstić information content (AvgIpc) is 3.40. The largest absolute Gasteiger partial charge is 0.493 e. The van der Waals surface area contributed by atoms with Crippen LogP contribution in [-0.4, -0.2) is 85.2 Å². The molecule has 222 valence electrons. The molecule has 0 atom stereocenters. The van der Waals surface area contributed by atoms with E-state index in [1.165, 1.54) is 14.9 Å². The van der Waals surface area contributed by atoms with Crippen molar-refractivity contribution in [2.45, 2.75) is 44.4 Å². The number of carbonyl (C=O) groups is 1. The van der Waals surface area contributed by atoms with Crippen LogP contribution in [0.4, 0.5) is 5.69 Å². The number of aliphatic imine (C=N–C) groups is 1. The van der Waals surface area contributed by atoms with E-state index < -0.39 is 15.1 Å². The summed E-state index contributed by atoms with van der Waals surface area (Å²) in [6.07, 6.45) is 2.93. The van der Waals surface area contributed by atoms with Crippen molar-refractivity contribution in [1.82, 2.24) is 13.8 Å². The first-order valence-electron chi connectivity index (χ1n) is 13.7. The van der Waals surface area contributed by atoms with Crippen LogP contribution in [0.3, 0.4) is 0 Å². The molecule has 1 aromatic carbocycles. The van der Waals surface area contributed by atoms with Crippen LogP contribution in [0.15, 0.2) is 32.9 Å². The number of benzene rings is 1. The Labute approximate surface area is 238 Å². The second-order valence-electron chi connectivity index (χ2n) is 9.97. The van der Waals surface area contributed by atoms with Gasteiger partial charge < -0.3 is 14.1 Å². The number of carbonyl (C=O) groups excluding carboxylic acids is 1. The summed E-state index contributed by atoms with van der Waals surface area (Å²) >= 11 is 0. The van der Waals surface area contributed by atoms with E-state index in [1.807, 2.05) is 18.7 Å². The molecule has 0 N–H and O–H groups in total. The minimum absolute atomic E-state index is 0.0791. The average molecular weight is 590 g/mol. The molecule has 41 heavy (non-hydrogen) atoms. The second-order valence-corrected chi connectivity index (χ2v) is 11.9. The summed E-state index contributed by atoms with van der Waals surface area (Å²) in [6.45, 7) is 5.88. The molecule has 14 heteroatoms. The van der Waals surface area contributed by atoms with Crippen molar-refractivity contribution in [2.24, 2.45) is 12.0 Å². The molecule has 0 aliphatic carbocycles. The van der Waals surface area contributed by atoms with E-state index in [0.29, 0.717) is 78.5 Å². The van der Waals surface area contributed by atoms with Gasteiger partial charge in [0.05, 0.1) is 28.6 Å². The van der Waals surface area contributed by atoms with Crippen LogP contribution >= 0.6 is 0 Å². The van der Waals surface area contributed by atoms with Gasteiger partial charge in [-0.3, -0.25) is 19.5 Å². The standard InChI is InChI=1S/C27H35N5O8S/c1-4-6-20-24(18-33)29(3)27(34)22-17-23(28-26(20)22)21-16-19(7-8-25(21)39-14-5-2)41(37,38)31-11-9-30(10-12-31)13-15-40-32(35)36/h7-8,16,18H,4-6,9-15,17H2,1-3H3. The predicted octanol–water partition coefficient (Wildman–Crippen LogP) is 2.13. The van der Waals surface area contributed by atoms with E-state index in [0.717, 1.165) is 12.8 Å². The third-order valence-corrected chi connectivity index (χ3v) is 9.20. The first-order valence-corrected chi connectivity index (χ1v) is 15.1. The van der Waals surface area contributed by atoms with Crippen molar-refractivity contribution in [3.63, 3.8) is 0 Å². The maximum atomic E-state index is 13.7. The van der Waals surface area contributed by atoms with Gasteiger partial charge in [0.1, 0.15) is 12.4 Å². The molecule has 3 heterocycles. The number of pyridine rings is 1. The number of fused-ring (bicyclic) bond motifs is 1. The van der Waals surface area contributed by atoms with Crippen LogP contribution in [0.2, 0.25) is 0 Å². The lowest BCUT2D eigenvalue weighted by molar-refractivity contribution is -0.757. The number of aldehydes is 1. The minimum atomic E-state index is -3.87. The number of nitrogens with zero attached hydrogens (tertiary/aromatic N) is 5. The lowest BCUT2D eigenvalue weighted by Crippen LogP contribution is -2.49. The summed E-state index contributed by atoms with van der Waals surface area (Å²) in [5.74, 6) is 0.470. The van der Waals surface area contributed by atoms with Gasteiger partial charge in [0, 0.05) is 62.9 Å². The topological polar surface area (TPSA) is 154 Å². The highest BCUT2D eigenvalue weighted by molar-refractivity contribution is 7.89. The number of rotatable bonds is 13. The zero-order valence-electron chi connectivity index (χ0n) is 23.5. The molecule has 0 amide bonds. The lowest BCUT2D eigenvalue weighted by atomic mass is 10.00. The summed E-state index contributed by atoms with van der Waals surface area (Å²) in [6, 6.07) is 4.68. The van der Waals surface area contributed by atoms with Gasteiger partial charge in [-0.1, -0.05) is 20.3 Å². The highest BCUT2D eigenvalue weighted by atomic mass is 32.2. The van der Waals surface area contributed by atoms with E-state index in [1.54, 1.807) is 19.2 Å². The van der Waals surface area contributed by atoms with Gasteiger partial charge in [0.2, 0.25) is 10.0 Å². The molecular formula is C27H35N5O8S. The molecule has 0 radical (unpaired) electrons. The van der Waals surface area contributed by atoms with Crippen molar-refractivity contribution in [3.05, 3.63) is 61.1 Å². The Kier molecular flexibility index (Phi) is 9.56. The van der Waals surface area contributed by atoms with Crippen LogP contribution in [-0.2, 0) is 34.8 Å². The number of hydrogen-bond donors (Lipinski definition) is 0. The van der Waals surface area contributed by atoms with E-state index in [4.69, 9.17) is 9.73 Å². The number of sulfonamides is 1. The first kappa shape index (κ1) is 30.3. The van der Waals surface area contributed by atoms with Gasteiger partial charge >= 0.3 is 0 Å². The van der Waals surface area contributed by atoms with E-state index >= 15 is 0 Å². The van der Waals surface area contributed by atoms with Crippen LogP contribution < -0.4 is 10.3 Å². The lowest BCUT2D eigenvalue weighted by Gasteiger charge is -2.33. The molecule has 0 unspecified atom stereocenters. The molecule has 1 aromatic heterocycles. The zero-order valence-corrected chi connectivity index (χ0v) is 24.3. The Morgan fingerprint density at radius 3 is 2.49 bits per heavy atom. The zero-order chi connectivity index (χ0) is 29.7. The van der Waals surface area contributed by atoms with Gasteiger partial charge in [-0.25, -0.2) is 8.42 Å². The molecule has 4 rings (SSSR count). The highest BCUT2D eigenvalue weighted by Crippen LogP contribution is 2.36. The predicted molar refractivity (Wildman–Crippen MR) is 151 cm³/mol. The quantitative estimate of drug-likeness (QED) is 0.194. The first-order chi connectivity index (χ1) is 19.6. The Morgan fingerprint density at radius 2 is 1.85 bits per heavy atom. The third kappa shape index (κ3) is 6.34. The van der Waals surface area contributed by atoms with Gasteiger partial charge in [-0.15, -0.1) is 10.1 Å². The van der Waals surface area contributed by atoms with E-state index in [-0.39, 0.29) is 36.6 Å². The molecule has 2 aromatic rings. The molecule has 0 saturated carbocycles. The molecule has 1 fully saturated rings. The smallest absolute Gasteiger partial charge is 0.294 e. The molecule has 2 aliphatic rings. The molecule has 0 bridgehead atoms. The van der Waals surface area contributed by atoms with Gasteiger partial charge in [-0.2, -0.15) is 4.31 Å². The maximum absolute atomic E-state index is 13.7. The van der Waals surface area contributed by atoms with E-state index in [2.05, 4.69) is 4.84 Å². The number of aromatic nitrogens is 1. The van der Waals surface area contributed by atoms with E-state index in [9.17, 15) is 28.1 Å². The Balaban J connectivity index is 1.66. The molecular weight excluding hydrogens is 554 g/mol. The molecule has 1 saturated heterocycles. The molecule has 13 nitrogen and oxygen atoms in total. The second kappa shape index (κ2) is 12.9. The maximum Gasteiger partial charge on any atom is 0.294 e. The fourth-order valence-electron chi connectivity index (χ4n) is 5.18. The summed E-state index contributed by atoms with van der Waals surface area (Å²) in [5, 5.41) is 9.54. The Morgan fingerprint density at radius 1 is 1.12 bits per heavy atom. The van der Waals surface area contributed by atoms with Crippen molar-refractivity contribution < 1.29 is 27.9 Å². The van der Waals surface area contributed by atoms with Gasteiger partial charge in [-0.05, 0) is 31.0 Å². The summed E-state index contributed by atoms with van der Waals surface area (Å²) < 4.78 is 36.0. The Bertz CT molecular complexity index is 1510. The van der Waals surface area contributed by atoms with Crippen molar-refractivity contribution >= 4 is 27.7 Å². The molecule has 2 aliphatic heterocycles. The normalized spacial score (nSPS) is 15.8. The van der Waals surface area contributed by atoms with Gasteiger partial charge in [0.25, 0.3) is 10.6 Å². The highest BCUT2D eigenvalue weighted by Gasteiger charge is 2.32. The minimum Gasteiger partial charge on any atom is -0.493 e. The summed E-state index contributed by atoms with van der Waals surface area (Å²) in [5.41, 5.74) is 2.66. The van der Waals surface area contributed by atoms with Crippen LogP contribution in [0.25, 0.3) is 0 Å². The van der Waals surface area contributed by atoms with Crippen LogP contribution in [0, 0.1) is 10.1 Å². The van der Waals surface area contributed by atoms with Crippen molar-refractivity contribution in [3.8, 4) is 5.75 Å². The van der Waals surface area contributed by atoms with Crippen LogP contribution in [0.5, 0.6) is 5.75 Å². The monoisotopic (exact) mass is 589 g/mol. The third-order valence-electron chi connectivity index (χ3n) is 7.30. The number of piperazine rings is 1. The van der Waals surface area contributed by atoms with Gasteiger partial charge in [0.15, 0.2) is 6.29 Å². The summed E-state index contributed by atoms with van der Waals surface area (Å²) in [4.78, 5) is 46.5. The number of ether oxygens (including phenoxy) is 1. The van der Waals surface area contributed by atoms with Crippen molar-refractivity contribution in [2.75, 3.05) is 45.9 Å². The Hall–Kier alpha value is -3.62. The SMILES string of the molecule is CCCOc1ccc(S(=O)(=O)N2CCN(CCO[N+](=O)[O-])CC2)cc1C1=Nc2c(CCC)c(C=O)n(C)c(=O)c2C1. The molecule has 0 spiro atoms. The fourth-order valence-corrected chi connectivity index (χ4v) is 6.63. The number of hydrogen-bond acceptors (Lipinski definition) is 10. The fraction of sp³-hybridized carbons (Fsp3) is 0.519.